The summed E-state index contributed by atoms with van der Waals surface area (Å²) >= 11 is 0. The highest BCUT2D eigenvalue weighted by Crippen LogP contribution is 2.43. The Labute approximate surface area is 117 Å². The van der Waals surface area contributed by atoms with Crippen molar-refractivity contribution in [2.45, 2.75) is 12.8 Å². The van der Waals surface area contributed by atoms with E-state index in [9.17, 15) is 0 Å². The van der Waals surface area contributed by atoms with E-state index in [2.05, 4.69) is 54.6 Å². The number of allylic oxidation sites excluding steroid dienone is 10. The number of rotatable bonds is 0. The van der Waals surface area contributed by atoms with Crippen LogP contribution in [0.4, 0.5) is 0 Å². The van der Waals surface area contributed by atoms with Gasteiger partial charge in [-0.2, -0.15) is 0 Å². The van der Waals surface area contributed by atoms with E-state index in [0.29, 0.717) is 0 Å². The SMILES string of the molecule is C1=CC2=CC3=C(CC4=c5ccccc5=NC4=C3)C2=CC1. The maximum Gasteiger partial charge on any atom is 0.0713 e. The summed E-state index contributed by atoms with van der Waals surface area (Å²) in [5, 5.41) is 2.43. The van der Waals surface area contributed by atoms with Gasteiger partial charge in [0.2, 0.25) is 0 Å². The van der Waals surface area contributed by atoms with E-state index in [1.54, 1.807) is 0 Å². The minimum Gasteiger partial charge on any atom is -0.248 e. The van der Waals surface area contributed by atoms with Gasteiger partial charge in [0, 0.05) is 11.6 Å². The molecule has 0 aromatic heterocycles. The summed E-state index contributed by atoms with van der Waals surface area (Å²) in [7, 11) is 0. The molecule has 4 aliphatic rings. The molecule has 1 heterocycles. The Morgan fingerprint density at radius 2 is 1.95 bits per heavy atom. The highest BCUT2D eigenvalue weighted by atomic mass is 14.8. The molecule has 0 bridgehead atoms. The Morgan fingerprint density at radius 1 is 1.00 bits per heavy atom. The zero-order chi connectivity index (χ0) is 13.1. The molecule has 1 aromatic carbocycles. The lowest BCUT2D eigenvalue weighted by molar-refractivity contribution is 1.16. The normalized spacial score (nSPS) is 21.4. The van der Waals surface area contributed by atoms with Gasteiger partial charge in [0.1, 0.15) is 0 Å². The van der Waals surface area contributed by atoms with Crippen molar-refractivity contribution < 1.29 is 0 Å². The third-order valence-corrected chi connectivity index (χ3v) is 4.48. The second-order valence-corrected chi connectivity index (χ2v) is 5.60. The molecule has 0 atom stereocenters. The number of nitrogens with zero attached hydrogens (tertiary/aromatic N) is 1. The fraction of sp³-hybridized carbons (Fsp3) is 0.105. The van der Waals surface area contributed by atoms with E-state index in [4.69, 9.17) is 4.99 Å². The first-order valence-electron chi connectivity index (χ1n) is 7.11. The van der Waals surface area contributed by atoms with Gasteiger partial charge in [-0.15, -0.1) is 0 Å². The zero-order valence-electron chi connectivity index (χ0n) is 11.1. The van der Waals surface area contributed by atoms with E-state index < -0.39 is 0 Å². The van der Waals surface area contributed by atoms with Crippen LogP contribution in [0.2, 0.25) is 0 Å². The van der Waals surface area contributed by atoms with Crippen LogP contribution < -0.4 is 10.6 Å². The van der Waals surface area contributed by atoms with Crippen molar-refractivity contribution in [2.24, 2.45) is 4.99 Å². The van der Waals surface area contributed by atoms with Gasteiger partial charge in [-0.1, -0.05) is 36.4 Å². The van der Waals surface area contributed by atoms with Crippen LogP contribution >= 0.6 is 0 Å². The van der Waals surface area contributed by atoms with Gasteiger partial charge in [-0.3, -0.25) is 0 Å². The summed E-state index contributed by atoms with van der Waals surface area (Å²) in [4.78, 5) is 4.77. The summed E-state index contributed by atoms with van der Waals surface area (Å²) < 4.78 is 0. The molecule has 0 spiro atoms. The van der Waals surface area contributed by atoms with Crippen molar-refractivity contribution in [3.8, 4) is 0 Å². The largest absolute Gasteiger partial charge is 0.248 e. The van der Waals surface area contributed by atoms with Crippen LogP contribution in [0.1, 0.15) is 12.8 Å². The first-order valence-corrected chi connectivity index (χ1v) is 7.11. The lowest BCUT2D eigenvalue weighted by Crippen LogP contribution is -2.22. The van der Waals surface area contributed by atoms with Gasteiger partial charge < -0.3 is 0 Å². The number of hydrogen-bond acceptors (Lipinski definition) is 1. The molecule has 1 nitrogen and oxygen atoms in total. The van der Waals surface area contributed by atoms with Gasteiger partial charge in [-0.05, 0) is 52.5 Å². The topological polar surface area (TPSA) is 12.4 Å². The van der Waals surface area contributed by atoms with E-state index in [0.717, 1.165) is 23.9 Å². The predicted octanol–water partition coefficient (Wildman–Crippen LogP) is 2.88. The van der Waals surface area contributed by atoms with Crippen molar-refractivity contribution in [1.82, 2.24) is 0 Å². The number of benzene rings is 1. The molecular weight excluding hydrogens is 242 g/mol. The smallest absolute Gasteiger partial charge is 0.0713 e. The quantitative estimate of drug-likeness (QED) is 0.676. The van der Waals surface area contributed by atoms with Crippen LogP contribution in [-0.2, 0) is 0 Å². The summed E-state index contributed by atoms with van der Waals surface area (Å²) in [6.45, 7) is 0. The Hall–Kier alpha value is -2.41. The Balaban J connectivity index is 1.75. The fourth-order valence-electron chi connectivity index (χ4n) is 3.54. The summed E-state index contributed by atoms with van der Waals surface area (Å²) in [5.74, 6) is 0. The van der Waals surface area contributed by atoms with Crippen LogP contribution in [0.25, 0.3) is 5.57 Å². The molecule has 94 valence electrons. The van der Waals surface area contributed by atoms with Crippen LogP contribution in [-0.4, -0.2) is 0 Å². The average Bonchev–Trinajstić information content (AvgIpc) is 3.02. The standard InChI is InChI=1S/C19H13N/c1-2-6-14-12(5-1)9-13-10-19-17(11-16(13)14)15-7-3-4-8-18(15)20-19/h1,3-10H,2,11H2. The van der Waals surface area contributed by atoms with E-state index in [1.807, 2.05) is 0 Å². The average molecular weight is 255 g/mol. The van der Waals surface area contributed by atoms with Crippen molar-refractivity contribution in [3.05, 3.63) is 93.2 Å². The lowest BCUT2D eigenvalue weighted by Gasteiger charge is -2.16. The first kappa shape index (κ1) is 10.4. The molecule has 0 saturated heterocycles. The van der Waals surface area contributed by atoms with E-state index in [-0.39, 0.29) is 0 Å². The maximum atomic E-state index is 4.77. The van der Waals surface area contributed by atoms with Crippen LogP contribution in [0.15, 0.2) is 87.6 Å². The van der Waals surface area contributed by atoms with Crippen molar-refractivity contribution in [2.75, 3.05) is 0 Å². The molecule has 1 aromatic rings. The fourth-order valence-corrected chi connectivity index (χ4v) is 3.54. The van der Waals surface area contributed by atoms with Crippen LogP contribution in [0.5, 0.6) is 0 Å². The van der Waals surface area contributed by atoms with Gasteiger partial charge in [0.05, 0.1) is 11.1 Å². The van der Waals surface area contributed by atoms with Crippen LogP contribution in [0.3, 0.4) is 0 Å². The maximum absolute atomic E-state index is 4.77. The van der Waals surface area contributed by atoms with Crippen LogP contribution in [0, 0.1) is 0 Å². The molecule has 1 aliphatic heterocycles. The summed E-state index contributed by atoms with van der Waals surface area (Å²) in [6, 6.07) is 8.47. The van der Waals surface area contributed by atoms with Crippen molar-refractivity contribution in [3.63, 3.8) is 0 Å². The highest BCUT2D eigenvalue weighted by molar-refractivity contribution is 5.80. The number of fused-ring (bicyclic) bond motifs is 4. The first-order chi connectivity index (χ1) is 9.90. The monoisotopic (exact) mass is 255 g/mol. The number of hydrogen-bond donors (Lipinski definition) is 0. The summed E-state index contributed by atoms with van der Waals surface area (Å²) in [5.41, 5.74) is 8.19. The molecule has 3 aliphatic carbocycles. The molecule has 0 fully saturated rings. The van der Waals surface area contributed by atoms with E-state index in [1.165, 1.54) is 33.1 Å². The Bertz CT molecular complexity index is 930. The molecule has 0 unspecified atom stereocenters. The van der Waals surface area contributed by atoms with Gasteiger partial charge in [0.15, 0.2) is 0 Å². The minimum absolute atomic E-state index is 1.02. The predicted molar refractivity (Wildman–Crippen MR) is 80.3 cm³/mol. The van der Waals surface area contributed by atoms with Crippen molar-refractivity contribution in [1.29, 1.82) is 0 Å². The summed E-state index contributed by atoms with van der Waals surface area (Å²) in [6.07, 6.45) is 13.5. The highest BCUT2D eigenvalue weighted by Gasteiger charge is 2.27. The molecule has 20 heavy (non-hydrogen) atoms. The third-order valence-electron chi connectivity index (χ3n) is 4.48. The second kappa shape index (κ2) is 3.57. The van der Waals surface area contributed by atoms with Gasteiger partial charge in [0.25, 0.3) is 0 Å². The number of para-hydroxylation sites is 1. The zero-order valence-corrected chi connectivity index (χ0v) is 11.1. The molecular formula is C19H13N. The Kier molecular flexibility index (Phi) is 1.86. The molecule has 1 heteroatoms. The molecule has 0 radical (unpaired) electrons. The third kappa shape index (κ3) is 1.25. The lowest BCUT2D eigenvalue weighted by atomic mass is 9.88. The van der Waals surface area contributed by atoms with Crippen molar-refractivity contribution >= 4 is 5.57 Å². The Morgan fingerprint density at radius 3 is 2.95 bits per heavy atom. The minimum atomic E-state index is 1.02. The second-order valence-electron chi connectivity index (χ2n) is 5.60. The molecule has 0 N–H and O–H groups in total. The van der Waals surface area contributed by atoms with Gasteiger partial charge in [-0.25, -0.2) is 4.99 Å². The molecule has 0 saturated carbocycles. The van der Waals surface area contributed by atoms with Gasteiger partial charge >= 0.3 is 0 Å². The molecule has 0 amide bonds. The van der Waals surface area contributed by atoms with E-state index >= 15 is 0 Å². The molecule has 5 rings (SSSR count).